The van der Waals surface area contributed by atoms with Gasteiger partial charge in [-0.05, 0) is 76.0 Å². The number of fused-ring (bicyclic) bond motifs is 1. The Kier molecular flexibility index (Phi) is 9.52. The Hall–Kier alpha value is -3.15. The van der Waals surface area contributed by atoms with E-state index in [1.807, 2.05) is 51.1 Å². The maximum absolute atomic E-state index is 12.9. The van der Waals surface area contributed by atoms with Crippen LogP contribution in [-0.2, 0) is 16.1 Å². The number of esters is 1. The molecule has 0 amide bonds. The van der Waals surface area contributed by atoms with E-state index in [4.69, 9.17) is 9.15 Å². The highest BCUT2D eigenvalue weighted by Gasteiger charge is 2.35. The summed E-state index contributed by atoms with van der Waals surface area (Å²) in [6.07, 6.45) is 6.17. The largest absolute Gasteiger partial charge is 0.465 e. The molecular formula is C31H41NO5. The average Bonchev–Trinajstić information content (AvgIpc) is 2.84. The highest BCUT2D eigenvalue weighted by atomic mass is 16.5. The molecule has 0 bridgehead atoms. The Morgan fingerprint density at radius 1 is 1.03 bits per heavy atom. The highest BCUT2D eigenvalue weighted by Crippen LogP contribution is 2.33. The Balaban J connectivity index is 1.50. The lowest BCUT2D eigenvalue weighted by atomic mass is 9.76. The molecular weight excluding hydrogens is 466 g/mol. The zero-order valence-electron chi connectivity index (χ0n) is 23.1. The number of unbranched alkanes of at least 4 members (excludes halogenated alkanes) is 3. The van der Waals surface area contributed by atoms with Crippen LogP contribution in [0.5, 0.6) is 0 Å². The first-order valence-corrected chi connectivity index (χ1v) is 13.4. The molecule has 0 aliphatic heterocycles. The topological polar surface area (TPSA) is 78.5 Å². The van der Waals surface area contributed by atoms with Crippen LogP contribution >= 0.6 is 0 Å². The molecule has 0 saturated heterocycles. The molecule has 0 aliphatic carbocycles. The quantitative estimate of drug-likeness (QED) is 0.200. The molecule has 2 aromatic heterocycles. The van der Waals surface area contributed by atoms with E-state index < -0.39 is 11.0 Å². The first-order valence-electron chi connectivity index (χ1n) is 13.4. The summed E-state index contributed by atoms with van der Waals surface area (Å²) < 4.78 is 12.6. The Morgan fingerprint density at radius 2 is 1.76 bits per heavy atom. The van der Waals surface area contributed by atoms with E-state index in [0.717, 1.165) is 43.2 Å². The minimum Gasteiger partial charge on any atom is -0.465 e. The molecule has 0 N–H and O–H groups in total. The normalized spacial score (nSPS) is 12.7. The molecule has 6 heteroatoms. The lowest BCUT2D eigenvalue weighted by Crippen LogP contribution is -2.34. The molecule has 3 rings (SSSR count). The van der Waals surface area contributed by atoms with Gasteiger partial charge in [0.2, 0.25) is 5.58 Å². The molecule has 37 heavy (non-hydrogen) atoms. The number of pyridine rings is 1. The Labute approximate surface area is 219 Å². The molecule has 200 valence electrons. The van der Waals surface area contributed by atoms with Crippen molar-refractivity contribution in [3.63, 3.8) is 0 Å². The van der Waals surface area contributed by atoms with Gasteiger partial charge in [-0.1, -0.05) is 57.0 Å². The monoisotopic (exact) mass is 507 g/mol. The second-order valence-corrected chi connectivity index (χ2v) is 11.2. The van der Waals surface area contributed by atoms with Gasteiger partial charge in [0, 0.05) is 18.1 Å². The summed E-state index contributed by atoms with van der Waals surface area (Å²) >= 11 is 0. The molecule has 0 radical (unpaired) electrons. The SMILES string of the molecule is Cc1cccc(-c2cc3ccn(CCCCCCOC(=O)C(C)(C)C(C)CC(C)C)c(=O)c3oc2=O)c1. The molecule has 1 aromatic carbocycles. The van der Waals surface area contributed by atoms with E-state index in [9.17, 15) is 14.4 Å². The van der Waals surface area contributed by atoms with Gasteiger partial charge < -0.3 is 13.7 Å². The van der Waals surface area contributed by atoms with E-state index in [-0.39, 0.29) is 23.0 Å². The van der Waals surface area contributed by atoms with Crippen molar-refractivity contribution in [1.29, 1.82) is 0 Å². The molecule has 0 fully saturated rings. The van der Waals surface area contributed by atoms with Crippen molar-refractivity contribution in [3.05, 3.63) is 68.9 Å². The summed E-state index contributed by atoms with van der Waals surface area (Å²) in [6, 6.07) is 11.2. The lowest BCUT2D eigenvalue weighted by Gasteiger charge is -2.30. The third-order valence-electron chi connectivity index (χ3n) is 7.30. The van der Waals surface area contributed by atoms with Crippen LogP contribution in [0.25, 0.3) is 22.1 Å². The molecule has 0 saturated carbocycles. The molecule has 6 nitrogen and oxygen atoms in total. The van der Waals surface area contributed by atoms with E-state index in [1.165, 1.54) is 0 Å². The number of carbonyl (C=O) groups excluding carboxylic acids is 1. The zero-order chi connectivity index (χ0) is 27.2. The second kappa shape index (κ2) is 12.4. The number of rotatable bonds is 12. The van der Waals surface area contributed by atoms with Gasteiger partial charge in [-0.15, -0.1) is 0 Å². The summed E-state index contributed by atoms with van der Waals surface area (Å²) in [4.78, 5) is 38.1. The standard InChI is InChI=1S/C31H41NO5/c1-21(2)18-23(4)31(5,6)30(35)36-17-10-8-7-9-15-32-16-14-25-20-26(24-13-11-12-22(3)19-24)29(34)37-27(25)28(32)33/h11-14,16,19-21,23H,7-10,15,17-18H2,1-6H3. The van der Waals surface area contributed by atoms with Crippen molar-refractivity contribution >= 4 is 16.9 Å². The first-order chi connectivity index (χ1) is 17.5. The fourth-order valence-electron chi connectivity index (χ4n) is 4.63. The van der Waals surface area contributed by atoms with Gasteiger partial charge in [-0.2, -0.15) is 0 Å². The van der Waals surface area contributed by atoms with Gasteiger partial charge in [-0.3, -0.25) is 9.59 Å². The number of hydrogen-bond acceptors (Lipinski definition) is 5. The average molecular weight is 508 g/mol. The van der Waals surface area contributed by atoms with Gasteiger partial charge in [-0.25, -0.2) is 4.79 Å². The predicted molar refractivity (Wildman–Crippen MR) is 149 cm³/mol. The van der Waals surface area contributed by atoms with Gasteiger partial charge in [0.15, 0.2) is 0 Å². The van der Waals surface area contributed by atoms with Crippen LogP contribution in [-0.4, -0.2) is 17.1 Å². The Bertz CT molecular complexity index is 1330. The fraction of sp³-hybridized carbons (Fsp3) is 0.516. The van der Waals surface area contributed by atoms with Crippen LogP contribution in [0.3, 0.4) is 0 Å². The first kappa shape index (κ1) is 28.4. The van der Waals surface area contributed by atoms with Crippen LogP contribution in [0.4, 0.5) is 0 Å². The van der Waals surface area contributed by atoms with Crippen LogP contribution in [0, 0.1) is 24.2 Å². The third-order valence-corrected chi connectivity index (χ3v) is 7.30. The van der Waals surface area contributed by atoms with Crippen LogP contribution in [0.2, 0.25) is 0 Å². The van der Waals surface area contributed by atoms with Gasteiger partial charge in [0.25, 0.3) is 5.56 Å². The van der Waals surface area contributed by atoms with Gasteiger partial charge in [0.05, 0.1) is 17.6 Å². The zero-order valence-corrected chi connectivity index (χ0v) is 23.1. The number of aromatic nitrogens is 1. The van der Waals surface area contributed by atoms with Crippen molar-refractivity contribution in [1.82, 2.24) is 4.57 Å². The minimum absolute atomic E-state index is 0.0881. The molecule has 1 unspecified atom stereocenters. The third kappa shape index (κ3) is 7.21. The number of aryl methyl sites for hydroxylation is 2. The highest BCUT2D eigenvalue weighted by molar-refractivity contribution is 5.81. The number of nitrogens with zero attached hydrogens (tertiary/aromatic N) is 1. The molecule has 0 aliphatic rings. The van der Waals surface area contributed by atoms with Crippen molar-refractivity contribution in [2.24, 2.45) is 17.3 Å². The summed E-state index contributed by atoms with van der Waals surface area (Å²) in [5, 5.41) is 0.616. The number of ether oxygens (including phenoxy) is 1. The maximum atomic E-state index is 12.9. The van der Waals surface area contributed by atoms with Gasteiger partial charge >= 0.3 is 11.6 Å². The predicted octanol–water partition coefficient (Wildman–Crippen LogP) is 6.74. The van der Waals surface area contributed by atoms with E-state index >= 15 is 0 Å². The number of hydrogen-bond donors (Lipinski definition) is 0. The van der Waals surface area contributed by atoms with Gasteiger partial charge in [0.1, 0.15) is 0 Å². The van der Waals surface area contributed by atoms with Crippen LogP contribution in [0.1, 0.15) is 72.3 Å². The summed E-state index contributed by atoms with van der Waals surface area (Å²) in [5.74, 6) is 0.679. The van der Waals surface area contributed by atoms with Crippen molar-refractivity contribution in [2.75, 3.05) is 6.61 Å². The van der Waals surface area contributed by atoms with E-state index in [2.05, 4.69) is 20.8 Å². The summed E-state index contributed by atoms with van der Waals surface area (Å²) in [5.41, 5.74) is 1.07. The molecule has 1 atom stereocenters. The van der Waals surface area contributed by atoms with E-state index in [0.29, 0.717) is 30.0 Å². The lowest BCUT2D eigenvalue weighted by molar-refractivity contribution is -0.157. The second-order valence-electron chi connectivity index (χ2n) is 11.2. The minimum atomic E-state index is -0.510. The summed E-state index contributed by atoms with van der Waals surface area (Å²) in [7, 11) is 0. The van der Waals surface area contributed by atoms with Crippen LogP contribution in [0.15, 0.2) is 56.6 Å². The van der Waals surface area contributed by atoms with Crippen molar-refractivity contribution in [2.45, 2.75) is 80.2 Å². The maximum Gasteiger partial charge on any atom is 0.344 e. The smallest absolute Gasteiger partial charge is 0.344 e. The fourth-order valence-corrected chi connectivity index (χ4v) is 4.63. The molecule has 3 aromatic rings. The van der Waals surface area contributed by atoms with Crippen molar-refractivity contribution < 1.29 is 13.9 Å². The Morgan fingerprint density at radius 3 is 2.46 bits per heavy atom. The van der Waals surface area contributed by atoms with E-state index in [1.54, 1.807) is 16.8 Å². The van der Waals surface area contributed by atoms with Crippen LogP contribution < -0.4 is 11.2 Å². The number of carbonyl (C=O) groups is 1. The molecule has 0 spiro atoms. The molecule has 2 heterocycles. The number of benzene rings is 1. The summed E-state index contributed by atoms with van der Waals surface area (Å²) in [6.45, 7) is 13.3. The van der Waals surface area contributed by atoms with Crippen molar-refractivity contribution in [3.8, 4) is 11.1 Å².